The SMILES string of the molecule is CC[C@H](C(=O)NCC(C)C)N(Cc1cccc(C)c1)C(=O)Cc1ccccc1F. The van der Waals surface area contributed by atoms with Crippen LogP contribution in [0.5, 0.6) is 0 Å². The van der Waals surface area contributed by atoms with Crippen LogP contribution in [-0.2, 0) is 22.6 Å². The molecule has 0 saturated heterocycles. The molecule has 2 rings (SSSR count). The maximum absolute atomic E-state index is 14.1. The molecule has 0 radical (unpaired) electrons. The Hall–Kier alpha value is -2.69. The zero-order valence-electron chi connectivity index (χ0n) is 17.7. The van der Waals surface area contributed by atoms with Crippen molar-refractivity contribution in [3.63, 3.8) is 0 Å². The number of hydrogen-bond acceptors (Lipinski definition) is 2. The smallest absolute Gasteiger partial charge is 0.242 e. The van der Waals surface area contributed by atoms with Gasteiger partial charge in [0, 0.05) is 13.1 Å². The Morgan fingerprint density at radius 2 is 1.83 bits per heavy atom. The number of halogens is 1. The van der Waals surface area contributed by atoms with Crippen molar-refractivity contribution in [2.75, 3.05) is 6.54 Å². The van der Waals surface area contributed by atoms with E-state index in [9.17, 15) is 14.0 Å². The van der Waals surface area contributed by atoms with Crippen LogP contribution in [0.3, 0.4) is 0 Å². The summed E-state index contributed by atoms with van der Waals surface area (Å²) in [5, 5.41) is 2.93. The number of rotatable bonds is 9. The fourth-order valence-electron chi connectivity index (χ4n) is 3.26. The minimum atomic E-state index is -0.603. The van der Waals surface area contributed by atoms with Crippen LogP contribution in [-0.4, -0.2) is 29.3 Å². The molecule has 0 heterocycles. The number of carbonyl (C=O) groups excluding carboxylic acids is 2. The van der Waals surface area contributed by atoms with Crippen molar-refractivity contribution in [1.82, 2.24) is 10.2 Å². The maximum atomic E-state index is 14.1. The quantitative estimate of drug-likeness (QED) is 0.686. The van der Waals surface area contributed by atoms with E-state index in [1.165, 1.54) is 6.07 Å². The number of carbonyl (C=O) groups is 2. The minimum absolute atomic E-state index is 0.0769. The Labute approximate surface area is 173 Å². The summed E-state index contributed by atoms with van der Waals surface area (Å²) in [5.74, 6) is -0.525. The molecule has 0 fully saturated rings. The number of aryl methyl sites for hydroxylation is 1. The van der Waals surface area contributed by atoms with Crippen LogP contribution in [0.25, 0.3) is 0 Å². The lowest BCUT2D eigenvalue weighted by Crippen LogP contribution is -2.50. The highest BCUT2D eigenvalue weighted by Crippen LogP contribution is 2.17. The van der Waals surface area contributed by atoms with E-state index in [2.05, 4.69) is 5.32 Å². The normalized spacial score (nSPS) is 11.9. The zero-order chi connectivity index (χ0) is 21.4. The molecule has 4 nitrogen and oxygen atoms in total. The van der Waals surface area contributed by atoms with Crippen LogP contribution in [0.2, 0.25) is 0 Å². The molecule has 0 aliphatic carbocycles. The molecular weight excluding hydrogens is 367 g/mol. The molecule has 0 aromatic heterocycles. The van der Waals surface area contributed by atoms with Gasteiger partial charge in [-0.25, -0.2) is 4.39 Å². The van der Waals surface area contributed by atoms with Crippen molar-refractivity contribution in [3.05, 3.63) is 71.0 Å². The van der Waals surface area contributed by atoms with Gasteiger partial charge in [0.2, 0.25) is 11.8 Å². The third-order valence-corrected chi connectivity index (χ3v) is 4.81. The largest absolute Gasteiger partial charge is 0.354 e. The number of nitrogens with one attached hydrogen (secondary N) is 1. The Balaban J connectivity index is 2.29. The number of hydrogen-bond donors (Lipinski definition) is 1. The summed E-state index contributed by atoms with van der Waals surface area (Å²) in [6.45, 7) is 8.78. The summed E-state index contributed by atoms with van der Waals surface area (Å²) < 4.78 is 14.1. The van der Waals surface area contributed by atoms with Crippen LogP contribution in [0.15, 0.2) is 48.5 Å². The number of amides is 2. The highest BCUT2D eigenvalue weighted by Gasteiger charge is 2.29. The molecule has 0 unspecified atom stereocenters. The van der Waals surface area contributed by atoms with Crippen LogP contribution in [0, 0.1) is 18.7 Å². The van der Waals surface area contributed by atoms with Gasteiger partial charge in [-0.2, -0.15) is 0 Å². The number of benzene rings is 2. The van der Waals surface area contributed by atoms with E-state index in [1.807, 2.05) is 52.0 Å². The molecule has 5 heteroatoms. The van der Waals surface area contributed by atoms with Crippen molar-refractivity contribution in [3.8, 4) is 0 Å². The fourth-order valence-corrected chi connectivity index (χ4v) is 3.26. The highest BCUT2D eigenvalue weighted by atomic mass is 19.1. The fraction of sp³-hybridized carbons (Fsp3) is 0.417. The number of nitrogens with zero attached hydrogens (tertiary/aromatic N) is 1. The molecule has 1 N–H and O–H groups in total. The molecule has 156 valence electrons. The van der Waals surface area contributed by atoms with Gasteiger partial charge in [-0.05, 0) is 36.5 Å². The van der Waals surface area contributed by atoms with Gasteiger partial charge in [-0.15, -0.1) is 0 Å². The highest BCUT2D eigenvalue weighted by molar-refractivity contribution is 5.88. The van der Waals surface area contributed by atoms with Gasteiger partial charge in [0.25, 0.3) is 0 Å². The molecule has 0 bridgehead atoms. The third-order valence-electron chi connectivity index (χ3n) is 4.81. The summed E-state index contributed by atoms with van der Waals surface area (Å²) in [7, 11) is 0. The van der Waals surface area contributed by atoms with E-state index < -0.39 is 11.9 Å². The predicted molar refractivity (Wildman–Crippen MR) is 114 cm³/mol. The van der Waals surface area contributed by atoms with Crippen molar-refractivity contribution in [2.45, 2.75) is 53.1 Å². The van der Waals surface area contributed by atoms with Crippen LogP contribution < -0.4 is 5.32 Å². The minimum Gasteiger partial charge on any atom is -0.354 e. The van der Waals surface area contributed by atoms with Crippen LogP contribution in [0.4, 0.5) is 4.39 Å². The lowest BCUT2D eigenvalue weighted by Gasteiger charge is -2.31. The van der Waals surface area contributed by atoms with Crippen molar-refractivity contribution in [2.24, 2.45) is 5.92 Å². The van der Waals surface area contributed by atoms with Crippen LogP contribution >= 0.6 is 0 Å². The predicted octanol–water partition coefficient (Wildman–Crippen LogP) is 4.26. The molecule has 1 atom stereocenters. The van der Waals surface area contributed by atoms with Crippen molar-refractivity contribution >= 4 is 11.8 Å². The maximum Gasteiger partial charge on any atom is 0.242 e. The van der Waals surface area contributed by atoms with E-state index in [0.717, 1.165) is 11.1 Å². The lowest BCUT2D eigenvalue weighted by atomic mass is 10.1. The molecule has 0 saturated carbocycles. The Morgan fingerprint density at radius 1 is 1.10 bits per heavy atom. The standard InChI is InChI=1S/C24H31FN2O2/c1-5-22(24(29)26-15-17(2)3)27(16-19-10-8-9-18(4)13-19)23(28)14-20-11-6-7-12-21(20)25/h6-13,17,22H,5,14-16H2,1-4H3,(H,26,29)/t22-/m1/s1. The van der Waals surface area contributed by atoms with Gasteiger partial charge in [-0.1, -0.05) is 68.8 Å². The van der Waals surface area contributed by atoms with Crippen molar-refractivity contribution < 1.29 is 14.0 Å². The first kappa shape index (κ1) is 22.6. The topological polar surface area (TPSA) is 49.4 Å². The molecule has 2 amide bonds. The Bertz CT molecular complexity index is 835. The Kier molecular flexibility index (Phi) is 8.37. The van der Waals surface area contributed by atoms with Gasteiger partial charge in [0.1, 0.15) is 11.9 Å². The van der Waals surface area contributed by atoms with E-state index in [0.29, 0.717) is 31.0 Å². The molecule has 29 heavy (non-hydrogen) atoms. The molecule has 0 aliphatic rings. The van der Waals surface area contributed by atoms with Gasteiger partial charge in [0.15, 0.2) is 0 Å². The average Bonchev–Trinajstić information content (AvgIpc) is 2.68. The zero-order valence-corrected chi connectivity index (χ0v) is 17.7. The monoisotopic (exact) mass is 398 g/mol. The first-order valence-electron chi connectivity index (χ1n) is 10.2. The van der Waals surface area contributed by atoms with Crippen LogP contribution in [0.1, 0.15) is 43.9 Å². The summed E-state index contributed by atoms with van der Waals surface area (Å²) in [4.78, 5) is 27.6. The molecule has 2 aromatic carbocycles. The van der Waals surface area contributed by atoms with E-state index in [4.69, 9.17) is 0 Å². The first-order chi connectivity index (χ1) is 13.8. The van der Waals surface area contributed by atoms with Gasteiger partial charge in [-0.3, -0.25) is 9.59 Å². The van der Waals surface area contributed by atoms with Gasteiger partial charge in [0.05, 0.1) is 6.42 Å². The van der Waals surface area contributed by atoms with Gasteiger partial charge < -0.3 is 10.2 Å². The second-order valence-corrected chi connectivity index (χ2v) is 7.84. The lowest BCUT2D eigenvalue weighted by molar-refractivity contribution is -0.141. The van der Waals surface area contributed by atoms with Crippen molar-refractivity contribution in [1.29, 1.82) is 0 Å². The summed E-state index contributed by atoms with van der Waals surface area (Å²) in [6.07, 6.45) is 0.408. The summed E-state index contributed by atoms with van der Waals surface area (Å²) >= 11 is 0. The molecule has 0 aliphatic heterocycles. The third kappa shape index (κ3) is 6.70. The van der Waals surface area contributed by atoms with E-state index in [1.54, 1.807) is 23.1 Å². The first-order valence-corrected chi connectivity index (χ1v) is 10.2. The average molecular weight is 399 g/mol. The molecule has 2 aromatic rings. The molecular formula is C24H31FN2O2. The second-order valence-electron chi connectivity index (χ2n) is 7.84. The van der Waals surface area contributed by atoms with E-state index >= 15 is 0 Å². The van der Waals surface area contributed by atoms with E-state index in [-0.39, 0.29) is 18.2 Å². The van der Waals surface area contributed by atoms with Gasteiger partial charge >= 0.3 is 0 Å². The molecule has 0 spiro atoms. The summed E-state index contributed by atoms with van der Waals surface area (Å²) in [5.41, 5.74) is 2.37. The summed E-state index contributed by atoms with van der Waals surface area (Å²) in [6, 6.07) is 13.5. The second kappa shape index (κ2) is 10.7. The Morgan fingerprint density at radius 3 is 2.45 bits per heavy atom.